The van der Waals surface area contributed by atoms with Crippen molar-refractivity contribution in [1.82, 2.24) is 10.3 Å². The molecule has 0 radical (unpaired) electrons. The van der Waals surface area contributed by atoms with Crippen molar-refractivity contribution < 1.29 is 0 Å². The van der Waals surface area contributed by atoms with Gasteiger partial charge in [0.1, 0.15) is 0 Å². The lowest BCUT2D eigenvalue weighted by Gasteiger charge is -2.14. The molecule has 2 aromatic rings. The van der Waals surface area contributed by atoms with Crippen LogP contribution in [-0.2, 0) is 12.8 Å². The van der Waals surface area contributed by atoms with Gasteiger partial charge < -0.3 is 5.32 Å². The van der Waals surface area contributed by atoms with Crippen LogP contribution in [0.3, 0.4) is 0 Å². The minimum absolute atomic E-state index is 0.550. The van der Waals surface area contributed by atoms with Crippen LogP contribution in [0.15, 0.2) is 42.0 Å². The first kappa shape index (κ1) is 12.3. The van der Waals surface area contributed by atoms with Crippen molar-refractivity contribution in [2.75, 3.05) is 7.05 Å². The van der Waals surface area contributed by atoms with Gasteiger partial charge in [-0.15, -0.1) is 11.3 Å². The summed E-state index contributed by atoms with van der Waals surface area (Å²) in [6, 6.07) is 9.02. The van der Waals surface area contributed by atoms with E-state index in [0.29, 0.717) is 6.04 Å². The van der Waals surface area contributed by atoms with Gasteiger partial charge in [-0.3, -0.25) is 4.98 Å². The van der Waals surface area contributed by atoms with Crippen LogP contribution in [0.1, 0.15) is 16.9 Å². The monoisotopic (exact) mass is 246 g/mol. The second-order valence-electron chi connectivity index (χ2n) is 4.17. The van der Waals surface area contributed by atoms with E-state index in [1.165, 1.54) is 10.4 Å². The molecule has 0 saturated heterocycles. The average Bonchev–Trinajstić information content (AvgIpc) is 2.88. The maximum Gasteiger partial charge on any atom is 0.0299 e. The molecule has 2 rings (SSSR count). The zero-order valence-electron chi connectivity index (χ0n) is 10.1. The van der Waals surface area contributed by atoms with E-state index < -0.39 is 0 Å². The van der Waals surface area contributed by atoms with Gasteiger partial charge in [-0.1, -0.05) is 12.1 Å². The van der Waals surface area contributed by atoms with Gasteiger partial charge in [-0.2, -0.15) is 0 Å². The number of thiophene rings is 1. The smallest absolute Gasteiger partial charge is 0.0299 e. The highest BCUT2D eigenvalue weighted by molar-refractivity contribution is 7.09. The minimum atomic E-state index is 0.550. The molecule has 3 heteroatoms. The largest absolute Gasteiger partial charge is 0.317 e. The maximum absolute atomic E-state index is 4.15. The molecule has 0 aliphatic rings. The Hall–Kier alpha value is -1.19. The summed E-state index contributed by atoms with van der Waals surface area (Å²) >= 11 is 1.84. The van der Waals surface area contributed by atoms with Crippen LogP contribution in [0.4, 0.5) is 0 Å². The van der Waals surface area contributed by atoms with Gasteiger partial charge >= 0.3 is 0 Å². The van der Waals surface area contributed by atoms with Gasteiger partial charge in [-0.25, -0.2) is 0 Å². The quantitative estimate of drug-likeness (QED) is 0.847. The van der Waals surface area contributed by atoms with Gasteiger partial charge in [0.05, 0.1) is 0 Å². The number of hydrogen-bond donors (Lipinski definition) is 1. The van der Waals surface area contributed by atoms with E-state index in [4.69, 9.17) is 0 Å². The molecule has 0 bridgehead atoms. The Labute approximate surface area is 107 Å². The summed E-state index contributed by atoms with van der Waals surface area (Å²) in [5, 5.41) is 5.54. The molecule has 90 valence electrons. The topological polar surface area (TPSA) is 24.9 Å². The van der Waals surface area contributed by atoms with E-state index in [9.17, 15) is 0 Å². The third kappa shape index (κ3) is 3.95. The number of aryl methyl sites for hydroxylation is 1. The van der Waals surface area contributed by atoms with Gasteiger partial charge in [0, 0.05) is 23.3 Å². The molecule has 0 aromatic carbocycles. The summed E-state index contributed by atoms with van der Waals surface area (Å²) in [5.74, 6) is 0. The third-order valence-corrected chi connectivity index (χ3v) is 3.84. The minimum Gasteiger partial charge on any atom is -0.317 e. The van der Waals surface area contributed by atoms with Gasteiger partial charge in [0.15, 0.2) is 0 Å². The average molecular weight is 246 g/mol. The molecule has 0 spiro atoms. The van der Waals surface area contributed by atoms with Crippen LogP contribution in [0.25, 0.3) is 0 Å². The van der Waals surface area contributed by atoms with Crippen molar-refractivity contribution >= 4 is 11.3 Å². The predicted molar refractivity (Wildman–Crippen MR) is 73.4 cm³/mol. The Kier molecular flexibility index (Phi) is 4.71. The fourth-order valence-corrected chi connectivity index (χ4v) is 2.69. The molecular formula is C14H18N2S. The molecule has 2 heterocycles. The van der Waals surface area contributed by atoms with Gasteiger partial charge in [0.2, 0.25) is 0 Å². The van der Waals surface area contributed by atoms with Gasteiger partial charge in [0.25, 0.3) is 0 Å². The van der Waals surface area contributed by atoms with Crippen LogP contribution < -0.4 is 5.32 Å². The second-order valence-corrected chi connectivity index (χ2v) is 5.20. The molecule has 1 unspecified atom stereocenters. The number of likely N-dealkylation sites (N-methyl/N-ethyl adjacent to an activating group) is 1. The molecule has 0 fully saturated rings. The SMILES string of the molecule is CNC(CCc1cccnc1)Cc1cccs1. The lowest BCUT2D eigenvalue weighted by atomic mass is 10.0. The number of nitrogens with one attached hydrogen (secondary N) is 1. The number of rotatable bonds is 6. The first-order chi connectivity index (χ1) is 8.38. The highest BCUT2D eigenvalue weighted by Gasteiger charge is 2.08. The summed E-state index contributed by atoms with van der Waals surface area (Å²) in [5.41, 5.74) is 1.32. The number of aromatic nitrogens is 1. The van der Waals surface area contributed by atoms with Crippen molar-refractivity contribution in [2.45, 2.75) is 25.3 Å². The van der Waals surface area contributed by atoms with Crippen molar-refractivity contribution in [3.8, 4) is 0 Å². The van der Waals surface area contributed by atoms with Crippen LogP contribution in [0, 0.1) is 0 Å². The molecule has 0 aliphatic heterocycles. The fraction of sp³-hybridized carbons (Fsp3) is 0.357. The van der Waals surface area contributed by atoms with Crippen molar-refractivity contribution in [3.63, 3.8) is 0 Å². The van der Waals surface area contributed by atoms with Crippen molar-refractivity contribution in [3.05, 3.63) is 52.5 Å². The first-order valence-electron chi connectivity index (χ1n) is 5.97. The predicted octanol–water partition coefficient (Wildman–Crippen LogP) is 2.91. The molecule has 0 aliphatic carbocycles. The van der Waals surface area contributed by atoms with E-state index in [-0.39, 0.29) is 0 Å². The molecule has 0 amide bonds. The molecule has 2 nitrogen and oxygen atoms in total. The molecule has 1 atom stereocenters. The standard InChI is InChI=1S/C14H18N2S/c1-15-13(10-14-5-3-9-17-14)7-6-12-4-2-8-16-11-12/h2-5,8-9,11,13,15H,6-7,10H2,1H3. The summed E-state index contributed by atoms with van der Waals surface area (Å²) in [4.78, 5) is 5.60. The molecule has 1 N–H and O–H groups in total. The lowest BCUT2D eigenvalue weighted by Crippen LogP contribution is -2.27. The maximum atomic E-state index is 4.15. The van der Waals surface area contributed by atoms with E-state index in [1.807, 2.05) is 36.8 Å². The summed E-state index contributed by atoms with van der Waals surface area (Å²) in [7, 11) is 2.04. The Morgan fingerprint density at radius 1 is 1.35 bits per heavy atom. The number of pyridine rings is 1. The zero-order chi connectivity index (χ0) is 11.9. The molecule has 2 aromatic heterocycles. The van der Waals surface area contributed by atoms with Crippen LogP contribution in [-0.4, -0.2) is 18.1 Å². The lowest BCUT2D eigenvalue weighted by molar-refractivity contribution is 0.523. The normalized spacial score (nSPS) is 12.5. The Morgan fingerprint density at radius 3 is 2.94 bits per heavy atom. The first-order valence-corrected chi connectivity index (χ1v) is 6.85. The highest BCUT2D eigenvalue weighted by atomic mass is 32.1. The van der Waals surface area contributed by atoms with Crippen molar-refractivity contribution in [1.29, 1.82) is 0 Å². The molecule has 0 saturated carbocycles. The Bertz CT molecular complexity index is 411. The van der Waals surface area contributed by atoms with Crippen LogP contribution >= 0.6 is 11.3 Å². The van der Waals surface area contributed by atoms with Crippen molar-refractivity contribution in [2.24, 2.45) is 0 Å². The second kappa shape index (κ2) is 6.52. The Balaban J connectivity index is 1.84. The third-order valence-electron chi connectivity index (χ3n) is 2.94. The highest BCUT2D eigenvalue weighted by Crippen LogP contribution is 2.14. The summed E-state index contributed by atoms with van der Waals surface area (Å²) < 4.78 is 0. The summed E-state index contributed by atoms with van der Waals surface area (Å²) in [6.07, 6.45) is 7.14. The van der Waals surface area contributed by atoms with E-state index in [1.54, 1.807) is 0 Å². The Morgan fingerprint density at radius 2 is 2.29 bits per heavy atom. The van der Waals surface area contributed by atoms with E-state index >= 15 is 0 Å². The summed E-state index contributed by atoms with van der Waals surface area (Å²) in [6.45, 7) is 0. The fourth-order valence-electron chi connectivity index (χ4n) is 1.91. The molecular weight excluding hydrogens is 228 g/mol. The molecule has 17 heavy (non-hydrogen) atoms. The van der Waals surface area contributed by atoms with E-state index in [0.717, 1.165) is 19.3 Å². The van der Waals surface area contributed by atoms with Gasteiger partial charge in [-0.05, 0) is 49.4 Å². The van der Waals surface area contributed by atoms with Crippen LogP contribution in [0.5, 0.6) is 0 Å². The van der Waals surface area contributed by atoms with E-state index in [2.05, 4.69) is 33.9 Å². The zero-order valence-corrected chi connectivity index (χ0v) is 10.9. The van der Waals surface area contributed by atoms with Crippen LogP contribution in [0.2, 0.25) is 0 Å². The number of hydrogen-bond acceptors (Lipinski definition) is 3. The number of nitrogens with zero attached hydrogens (tertiary/aromatic N) is 1.